The second-order valence-electron chi connectivity index (χ2n) is 4.11. The third-order valence-corrected chi connectivity index (χ3v) is 2.58. The summed E-state index contributed by atoms with van der Waals surface area (Å²) in [5.74, 6) is 0.220. The number of nitrogens with one attached hydrogen (secondary N) is 3. The van der Waals surface area contributed by atoms with Gasteiger partial charge in [-0.15, -0.1) is 0 Å². The van der Waals surface area contributed by atoms with Crippen molar-refractivity contribution in [1.82, 2.24) is 16.0 Å². The summed E-state index contributed by atoms with van der Waals surface area (Å²) in [5.41, 5.74) is 0. The zero-order chi connectivity index (χ0) is 11.8. The zero-order valence-corrected chi connectivity index (χ0v) is 9.84. The van der Waals surface area contributed by atoms with Gasteiger partial charge >= 0.3 is 0 Å². The quantitative estimate of drug-likeness (QED) is 0.526. The first-order valence-electron chi connectivity index (χ1n) is 5.99. The molecule has 1 unspecified atom stereocenters. The van der Waals surface area contributed by atoms with Gasteiger partial charge in [-0.05, 0) is 12.8 Å². The molecule has 3 N–H and O–H groups in total. The fourth-order valence-electron chi connectivity index (χ4n) is 1.66. The normalized spacial score (nSPS) is 19.6. The molecule has 0 aromatic heterocycles. The molecule has 1 rings (SSSR count). The Balaban J connectivity index is 1.95. The first-order valence-corrected chi connectivity index (χ1v) is 5.99. The molecule has 1 fully saturated rings. The van der Waals surface area contributed by atoms with E-state index in [1.165, 1.54) is 0 Å². The number of hydrogen-bond acceptors (Lipinski definition) is 3. The lowest BCUT2D eigenvalue weighted by atomic mass is 10.2. The third kappa shape index (κ3) is 5.11. The molecule has 5 heteroatoms. The molecule has 0 radical (unpaired) electrons. The van der Waals surface area contributed by atoms with Gasteiger partial charge in [0.05, 0.1) is 0 Å². The van der Waals surface area contributed by atoms with Gasteiger partial charge in [0.25, 0.3) is 0 Å². The summed E-state index contributed by atoms with van der Waals surface area (Å²) in [6, 6.07) is 0.242. The van der Waals surface area contributed by atoms with Crippen molar-refractivity contribution in [2.45, 2.75) is 38.6 Å². The Kier molecular flexibility index (Phi) is 5.85. The second kappa shape index (κ2) is 7.22. The second-order valence-corrected chi connectivity index (χ2v) is 4.11. The minimum atomic E-state index is 0.0878. The van der Waals surface area contributed by atoms with E-state index in [0.29, 0.717) is 19.4 Å². The Morgan fingerprint density at radius 3 is 2.94 bits per heavy atom. The van der Waals surface area contributed by atoms with Crippen molar-refractivity contribution < 1.29 is 9.59 Å². The first kappa shape index (κ1) is 13.0. The van der Waals surface area contributed by atoms with Crippen LogP contribution < -0.4 is 16.0 Å². The molecule has 0 aromatic rings. The fourth-order valence-corrected chi connectivity index (χ4v) is 1.66. The van der Waals surface area contributed by atoms with E-state index in [2.05, 4.69) is 16.0 Å². The van der Waals surface area contributed by atoms with Crippen LogP contribution in [0, 0.1) is 0 Å². The Bertz CT molecular complexity index is 243. The number of amides is 2. The van der Waals surface area contributed by atoms with Gasteiger partial charge in [0.2, 0.25) is 11.8 Å². The molecule has 1 heterocycles. The summed E-state index contributed by atoms with van der Waals surface area (Å²) in [5, 5.41) is 8.87. The van der Waals surface area contributed by atoms with Gasteiger partial charge in [0.15, 0.2) is 0 Å². The molecule has 2 amide bonds. The van der Waals surface area contributed by atoms with Crippen molar-refractivity contribution in [3.63, 3.8) is 0 Å². The number of hydrogen-bond donors (Lipinski definition) is 3. The molecule has 1 atom stereocenters. The van der Waals surface area contributed by atoms with Crippen LogP contribution in [0.4, 0.5) is 0 Å². The summed E-state index contributed by atoms with van der Waals surface area (Å²) in [4.78, 5) is 22.1. The lowest BCUT2D eigenvalue weighted by Crippen LogP contribution is -2.37. The molecule has 1 aliphatic heterocycles. The van der Waals surface area contributed by atoms with Gasteiger partial charge in [-0.2, -0.15) is 0 Å². The number of rotatable bonds is 7. The van der Waals surface area contributed by atoms with E-state index in [9.17, 15) is 9.59 Å². The van der Waals surface area contributed by atoms with Crippen molar-refractivity contribution >= 4 is 11.8 Å². The zero-order valence-electron chi connectivity index (χ0n) is 9.84. The van der Waals surface area contributed by atoms with Crippen molar-refractivity contribution in [2.75, 3.05) is 19.6 Å². The van der Waals surface area contributed by atoms with Crippen molar-refractivity contribution in [3.05, 3.63) is 0 Å². The maximum absolute atomic E-state index is 11.2. The van der Waals surface area contributed by atoms with Crippen molar-refractivity contribution in [1.29, 1.82) is 0 Å². The van der Waals surface area contributed by atoms with E-state index in [1.54, 1.807) is 0 Å². The van der Waals surface area contributed by atoms with Crippen LogP contribution in [-0.4, -0.2) is 37.5 Å². The molecule has 5 nitrogen and oxygen atoms in total. The van der Waals surface area contributed by atoms with Gasteiger partial charge in [0, 0.05) is 38.5 Å². The molecule has 0 spiro atoms. The van der Waals surface area contributed by atoms with Crippen LogP contribution in [0.25, 0.3) is 0 Å². The minimum absolute atomic E-state index is 0.0878. The largest absolute Gasteiger partial charge is 0.356 e. The van der Waals surface area contributed by atoms with Crippen LogP contribution >= 0.6 is 0 Å². The van der Waals surface area contributed by atoms with Gasteiger partial charge in [0.1, 0.15) is 0 Å². The predicted octanol–water partition coefficient (Wildman–Crippen LogP) is -0.229. The molecule has 0 saturated carbocycles. The summed E-state index contributed by atoms with van der Waals surface area (Å²) in [7, 11) is 0. The highest BCUT2D eigenvalue weighted by Crippen LogP contribution is 2.04. The summed E-state index contributed by atoms with van der Waals surface area (Å²) >= 11 is 0. The van der Waals surface area contributed by atoms with Crippen LogP contribution in [0.5, 0.6) is 0 Å². The molecule has 92 valence electrons. The van der Waals surface area contributed by atoms with Crippen LogP contribution in [0.3, 0.4) is 0 Å². The van der Waals surface area contributed by atoms with Crippen molar-refractivity contribution in [2.24, 2.45) is 0 Å². The van der Waals surface area contributed by atoms with Gasteiger partial charge in [-0.3, -0.25) is 9.59 Å². The van der Waals surface area contributed by atoms with E-state index in [1.807, 2.05) is 6.92 Å². The van der Waals surface area contributed by atoms with Crippen molar-refractivity contribution in [3.8, 4) is 0 Å². The van der Waals surface area contributed by atoms with E-state index in [0.717, 1.165) is 25.9 Å². The average molecular weight is 227 g/mol. The molecule has 0 bridgehead atoms. The van der Waals surface area contributed by atoms with Gasteiger partial charge in [-0.25, -0.2) is 0 Å². The molecule has 16 heavy (non-hydrogen) atoms. The van der Waals surface area contributed by atoms with Crippen LogP contribution in [0.1, 0.15) is 32.6 Å². The Labute approximate surface area is 96.4 Å². The predicted molar refractivity (Wildman–Crippen MR) is 62.0 cm³/mol. The van der Waals surface area contributed by atoms with Gasteiger partial charge < -0.3 is 16.0 Å². The Hall–Kier alpha value is -1.10. The maximum Gasteiger partial charge on any atom is 0.221 e. The summed E-state index contributed by atoms with van der Waals surface area (Å²) < 4.78 is 0. The number of carbonyl (C=O) groups is 2. The highest BCUT2D eigenvalue weighted by atomic mass is 16.2. The maximum atomic E-state index is 11.2. The van der Waals surface area contributed by atoms with Crippen LogP contribution in [0.15, 0.2) is 0 Å². The van der Waals surface area contributed by atoms with Crippen LogP contribution in [-0.2, 0) is 9.59 Å². The fraction of sp³-hybridized carbons (Fsp3) is 0.818. The molecule has 0 aromatic carbocycles. The molecular formula is C11H21N3O2. The summed E-state index contributed by atoms with van der Waals surface area (Å²) in [6.07, 6.45) is 2.99. The van der Waals surface area contributed by atoms with E-state index < -0.39 is 0 Å². The average Bonchev–Trinajstić information content (AvgIpc) is 2.67. The number of carbonyl (C=O) groups excluding carboxylic acids is 2. The Morgan fingerprint density at radius 1 is 1.50 bits per heavy atom. The topological polar surface area (TPSA) is 70.2 Å². The van der Waals surface area contributed by atoms with E-state index in [4.69, 9.17) is 0 Å². The smallest absolute Gasteiger partial charge is 0.221 e. The third-order valence-electron chi connectivity index (χ3n) is 2.58. The first-order chi connectivity index (χ1) is 7.72. The van der Waals surface area contributed by atoms with Gasteiger partial charge in [-0.1, -0.05) is 6.92 Å². The Morgan fingerprint density at radius 2 is 2.31 bits per heavy atom. The highest BCUT2D eigenvalue weighted by Gasteiger charge is 2.19. The highest BCUT2D eigenvalue weighted by molar-refractivity contribution is 5.78. The lowest BCUT2D eigenvalue weighted by Gasteiger charge is -2.10. The lowest BCUT2D eigenvalue weighted by molar-refractivity contribution is -0.121. The molecule has 1 saturated heterocycles. The van der Waals surface area contributed by atoms with E-state index in [-0.39, 0.29) is 17.9 Å². The molecule has 1 aliphatic rings. The van der Waals surface area contributed by atoms with Crippen LogP contribution in [0.2, 0.25) is 0 Å². The monoisotopic (exact) mass is 227 g/mol. The molecular weight excluding hydrogens is 206 g/mol. The summed E-state index contributed by atoms with van der Waals surface area (Å²) in [6.45, 7) is 4.20. The van der Waals surface area contributed by atoms with E-state index >= 15 is 0 Å². The molecule has 0 aliphatic carbocycles. The standard InChI is InChI=1S/C11H21N3O2/c1-2-6-13-10(15)5-7-12-8-9-3-4-11(16)14-9/h9,12H,2-8H2,1H3,(H,13,15)(H,14,16). The minimum Gasteiger partial charge on any atom is -0.356 e. The SMILES string of the molecule is CCCNC(=O)CCNCC1CCC(=O)N1.